The second kappa shape index (κ2) is 18.1. The van der Waals surface area contributed by atoms with E-state index in [1.807, 2.05) is 83.2 Å². The molecule has 0 aromatic heterocycles. The Kier molecular flexibility index (Phi) is 16.7. The summed E-state index contributed by atoms with van der Waals surface area (Å²) in [7, 11) is 1.62. The highest BCUT2D eigenvalue weighted by Gasteiger charge is 2.17. The van der Waals surface area contributed by atoms with Gasteiger partial charge in [-0.15, -0.1) is 0 Å². The molecule has 0 aliphatic heterocycles. The molecule has 4 heteroatoms. The standard InChI is InChI=1S/C28H40O3S/c1-8-12-13-16-24(14-9-2)19-20-26(29)27(31-28(32)22(5)11-4)21-25(15-10-3)18-17-23(6)30-7/h9-10,12-18,21-22H,8,11,19-20H2,1-7H3/b13-12+,14-9-,15-10-,23-17+,24-16+,25-18+,27-21+/t22-/m1/s1. The van der Waals surface area contributed by atoms with Crippen LogP contribution in [0.25, 0.3) is 0 Å². The van der Waals surface area contributed by atoms with Gasteiger partial charge in [0.2, 0.25) is 0 Å². The van der Waals surface area contributed by atoms with E-state index < -0.39 is 0 Å². The van der Waals surface area contributed by atoms with Gasteiger partial charge in [-0.1, -0.05) is 69.4 Å². The Hall–Kier alpha value is -2.46. The maximum atomic E-state index is 13.1. The smallest absolute Gasteiger partial charge is 0.198 e. The normalized spacial score (nSPS) is 15.1. The van der Waals surface area contributed by atoms with Gasteiger partial charge in [0.25, 0.3) is 0 Å². The van der Waals surface area contributed by atoms with Gasteiger partial charge in [0.1, 0.15) is 0 Å². The Morgan fingerprint density at radius 2 is 1.72 bits per heavy atom. The Morgan fingerprint density at radius 1 is 1.03 bits per heavy atom. The van der Waals surface area contributed by atoms with Crippen LogP contribution in [-0.2, 0) is 14.3 Å². The molecule has 1 atom stereocenters. The highest BCUT2D eigenvalue weighted by molar-refractivity contribution is 7.80. The van der Waals surface area contributed by atoms with Crippen molar-refractivity contribution in [2.24, 2.45) is 5.92 Å². The fourth-order valence-corrected chi connectivity index (χ4v) is 2.72. The van der Waals surface area contributed by atoms with Crippen LogP contribution in [0.4, 0.5) is 0 Å². The zero-order chi connectivity index (χ0) is 24.4. The third-order valence-electron chi connectivity index (χ3n) is 4.69. The van der Waals surface area contributed by atoms with Crippen LogP contribution in [0.15, 0.2) is 83.4 Å². The summed E-state index contributed by atoms with van der Waals surface area (Å²) in [6.45, 7) is 11.9. The molecule has 3 nitrogen and oxygen atoms in total. The Bertz CT molecular complexity index is 805. The number of allylic oxidation sites excluding steroid dienone is 14. The van der Waals surface area contributed by atoms with Crippen LogP contribution >= 0.6 is 12.2 Å². The van der Waals surface area contributed by atoms with Gasteiger partial charge < -0.3 is 9.47 Å². The van der Waals surface area contributed by atoms with E-state index in [9.17, 15) is 4.79 Å². The first kappa shape index (κ1) is 29.5. The second-order valence-electron chi connectivity index (χ2n) is 7.39. The number of Topliss-reactive ketones (excluding diaryl/α,β-unsaturated/α-hetero) is 1. The molecule has 0 bridgehead atoms. The Morgan fingerprint density at radius 3 is 2.28 bits per heavy atom. The van der Waals surface area contributed by atoms with Crippen molar-refractivity contribution in [3.05, 3.63) is 83.4 Å². The van der Waals surface area contributed by atoms with Crippen LogP contribution in [0, 0.1) is 5.92 Å². The summed E-state index contributed by atoms with van der Waals surface area (Å²) in [6.07, 6.45) is 22.3. The molecule has 0 unspecified atom stereocenters. The minimum Gasteiger partial charge on any atom is -0.501 e. The quantitative estimate of drug-likeness (QED) is 0.114. The first-order valence-corrected chi connectivity index (χ1v) is 11.7. The SMILES string of the molecule is C\C=C/C(=C\C=C\CC)CCC(=O)\C(=C/C(/C=C\C)=C/C=C(\C)OC)OC(=S)[C@H](C)CC. The van der Waals surface area contributed by atoms with Crippen molar-refractivity contribution in [1.82, 2.24) is 0 Å². The molecule has 0 aromatic rings. The highest BCUT2D eigenvalue weighted by Crippen LogP contribution is 2.18. The van der Waals surface area contributed by atoms with Crippen molar-refractivity contribution in [2.45, 2.75) is 67.2 Å². The lowest BCUT2D eigenvalue weighted by Crippen LogP contribution is -2.16. The molecule has 0 fully saturated rings. The van der Waals surface area contributed by atoms with Gasteiger partial charge in [-0.2, -0.15) is 0 Å². The summed E-state index contributed by atoms with van der Waals surface area (Å²) in [5.41, 5.74) is 1.92. The fourth-order valence-electron chi connectivity index (χ4n) is 2.46. The molecule has 0 rings (SSSR count). The molecule has 0 spiro atoms. The van der Waals surface area contributed by atoms with Crippen LogP contribution < -0.4 is 0 Å². The van der Waals surface area contributed by atoms with Crippen molar-refractivity contribution in [2.75, 3.05) is 7.11 Å². The number of ketones is 1. The van der Waals surface area contributed by atoms with Crippen molar-refractivity contribution < 1.29 is 14.3 Å². The average molecular weight is 457 g/mol. The predicted molar refractivity (Wildman–Crippen MR) is 141 cm³/mol. The molecule has 0 radical (unpaired) electrons. The molecule has 0 N–H and O–H groups in total. The highest BCUT2D eigenvalue weighted by atomic mass is 32.1. The number of ether oxygens (including phenoxy) is 2. The van der Waals surface area contributed by atoms with E-state index in [1.165, 1.54) is 0 Å². The van der Waals surface area contributed by atoms with Gasteiger partial charge in [0.05, 0.1) is 12.9 Å². The van der Waals surface area contributed by atoms with Gasteiger partial charge in [0, 0.05) is 12.3 Å². The van der Waals surface area contributed by atoms with E-state index in [0.29, 0.717) is 17.9 Å². The topological polar surface area (TPSA) is 35.5 Å². The third kappa shape index (κ3) is 13.1. The summed E-state index contributed by atoms with van der Waals surface area (Å²) < 4.78 is 11.1. The van der Waals surface area contributed by atoms with Gasteiger partial charge in [-0.3, -0.25) is 4.79 Å². The van der Waals surface area contributed by atoms with Crippen LogP contribution in [-0.4, -0.2) is 17.9 Å². The molecule has 0 amide bonds. The van der Waals surface area contributed by atoms with E-state index in [1.54, 1.807) is 13.2 Å². The minimum absolute atomic E-state index is 0.0756. The van der Waals surface area contributed by atoms with Crippen molar-refractivity contribution in [3.63, 3.8) is 0 Å². The number of carbonyl (C=O) groups is 1. The monoisotopic (exact) mass is 456 g/mol. The number of thiocarbonyl (C=S) groups is 1. The maximum absolute atomic E-state index is 13.1. The van der Waals surface area contributed by atoms with Crippen molar-refractivity contribution >= 4 is 23.1 Å². The zero-order valence-corrected chi connectivity index (χ0v) is 21.6. The molecule has 0 aliphatic carbocycles. The molecular formula is C28H40O3S. The molecule has 32 heavy (non-hydrogen) atoms. The van der Waals surface area contributed by atoms with Gasteiger partial charge >= 0.3 is 0 Å². The Labute approximate surface area is 201 Å². The molecule has 176 valence electrons. The molecule has 0 aromatic carbocycles. The maximum Gasteiger partial charge on any atom is 0.198 e. The number of hydrogen-bond acceptors (Lipinski definition) is 4. The molecular weight excluding hydrogens is 416 g/mol. The first-order chi connectivity index (χ1) is 15.3. The molecule has 0 heterocycles. The first-order valence-electron chi connectivity index (χ1n) is 11.3. The van der Waals surface area contributed by atoms with E-state index in [-0.39, 0.29) is 17.5 Å². The van der Waals surface area contributed by atoms with E-state index in [4.69, 9.17) is 21.7 Å². The van der Waals surface area contributed by atoms with Crippen LogP contribution in [0.3, 0.4) is 0 Å². The van der Waals surface area contributed by atoms with E-state index >= 15 is 0 Å². The summed E-state index contributed by atoms with van der Waals surface area (Å²) in [5.74, 6) is 1.05. The van der Waals surface area contributed by atoms with Gasteiger partial charge in [-0.25, -0.2) is 0 Å². The van der Waals surface area contributed by atoms with Gasteiger partial charge in [-0.05, 0) is 75.5 Å². The lowest BCUT2D eigenvalue weighted by Gasteiger charge is -2.15. The lowest BCUT2D eigenvalue weighted by atomic mass is 10.0. The van der Waals surface area contributed by atoms with E-state index in [0.717, 1.165) is 29.7 Å². The zero-order valence-electron chi connectivity index (χ0n) is 20.8. The number of rotatable bonds is 14. The molecule has 0 saturated heterocycles. The number of methoxy groups -OCH3 is 1. The minimum atomic E-state index is -0.0756. The van der Waals surface area contributed by atoms with Crippen molar-refractivity contribution in [3.8, 4) is 0 Å². The fraction of sp³-hybridized carbons (Fsp3) is 0.429. The van der Waals surface area contributed by atoms with E-state index in [2.05, 4.69) is 13.0 Å². The number of carbonyl (C=O) groups excluding carboxylic acids is 1. The molecule has 0 saturated carbocycles. The Balaban J connectivity index is 5.92. The summed E-state index contributed by atoms with van der Waals surface area (Å²) >= 11 is 5.45. The van der Waals surface area contributed by atoms with Crippen LogP contribution in [0.1, 0.15) is 67.2 Å². The number of hydrogen-bond donors (Lipinski definition) is 0. The molecule has 0 aliphatic rings. The third-order valence-corrected chi connectivity index (χ3v) is 5.18. The second-order valence-corrected chi connectivity index (χ2v) is 7.79. The predicted octanol–water partition coefficient (Wildman–Crippen LogP) is 8.13. The lowest BCUT2D eigenvalue weighted by molar-refractivity contribution is -0.117. The van der Waals surface area contributed by atoms with Crippen molar-refractivity contribution in [1.29, 1.82) is 0 Å². The van der Waals surface area contributed by atoms with Crippen LogP contribution in [0.5, 0.6) is 0 Å². The average Bonchev–Trinajstić information content (AvgIpc) is 2.79. The summed E-state index contributed by atoms with van der Waals surface area (Å²) in [4.78, 5) is 13.1. The summed E-state index contributed by atoms with van der Waals surface area (Å²) in [5, 5.41) is 0.436. The largest absolute Gasteiger partial charge is 0.501 e. The van der Waals surface area contributed by atoms with Gasteiger partial charge in [0.15, 0.2) is 16.6 Å². The van der Waals surface area contributed by atoms with Crippen LogP contribution in [0.2, 0.25) is 0 Å². The summed E-state index contributed by atoms with van der Waals surface area (Å²) in [6, 6.07) is 0.